The molecule has 0 aliphatic carbocycles. The molecular weight excluding hydrogens is 481 g/mol. The maximum absolute atomic E-state index is 13.4. The van der Waals surface area contributed by atoms with Crippen LogP contribution in [-0.4, -0.2) is 43.7 Å². The van der Waals surface area contributed by atoms with Crippen LogP contribution in [0.2, 0.25) is 0 Å². The molecule has 0 saturated heterocycles. The summed E-state index contributed by atoms with van der Waals surface area (Å²) in [4.78, 5) is 41.4. The first kappa shape index (κ1) is 25.5. The molecule has 0 unspecified atom stereocenters. The Kier molecular flexibility index (Phi) is 7.00. The van der Waals surface area contributed by atoms with Crippen molar-refractivity contribution in [3.05, 3.63) is 77.3 Å². The van der Waals surface area contributed by atoms with Crippen molar-refractivity contribution in [2.24, 2.45) is 11.1 Å². The zero-order valence-electron chi connectivity index (χ0n) is 20.5. The Balaban J connectivity index is 1.54. The van der Waals surface area contributed by atoms with Crippen LogP contribution in [0.4, 0.5) is 4.39 Å². The van der Waals surface area contributed by atoms with Crippen LogP contribution in [0.5, 0.6) is 0 Å². The minimum atomic E-state index is -0.941. The van der Waals surface area contributed by atoms with Gasteiger partial charge < -0.3 is 20.9 Å². The smallest absolute Gasteiger partial charge is 0.315 e. The first-order valence-corrected chi connectivity index (χ1v) is 11.4. The van der Waals surface area contributed by atoms with Crippen LogP contribution in [0.25, 0.3) is 10.9 Å². The number of hydrogen-bond donors (Lipinski definition) is 3. The van der Waals surface area contributed by atoms with Crippen LogP contribution in [0, 0.1) is 11.2 Å². The van der Waals surface area contributed by atoms with Crippen LogP contribution < -0.4 is 16.4 Å². The molecule has 192 valence electrons. The van der Waals surface area contributed by atoms with E-state index in [9.17, 15) is 18.8 Å². The maximum atomic E-state index is 13.4. The lowest BCUT2D eigenvalue weighted by Crippen LogP contribution is -2.53. The fourth-order valence-corrected chi connectivity index (χ4v) is 3.75. The summed E-state index contributed by atoms with van der Waals surface area (Å²) in [6.45, 7) is 5.62. The molecule has 1 atom stereocenters. The van der Waals surface area contributed by atoms with Gasteiger partial charge in [0.15, 0.2) is 11.5 Å². The molecular formula is C25H26FN7O4. The second-order valence-corrected chi connectivity index (χ2v) is 9.52. The standard InChI is InChI=1S/C25H26FN7O4/c1-25(2,3)20(23(36)28-12-18-29-24(21(27)34)37-32-18)30-22(35)19-16-6-4-5-7-17(16)33(31-19)13-14-8-10-15(26)11-9-14/h4-11,20H,12-13H2,1-3H3,(H2,27,34)(H,28,36)(H,30,35)/t20-/m1/s1. The van der Waals surface area contributed by atoms with E-state index in [1.54, 1.807) is 28.9 Å². The number of benzene rings is 2. The van der Waals surface area contributed by atoms with Crippen molar-refractivity contribution in [3.63, 3.8) is 0 Å². The van der Waals surface area contributed by atoms with E-state index >= 15 is 0 Å². The van der Waals surface area contributed by atoms with Gasteiger partial charge in [-0.15, -0.1) is 0 Å². The molecule has 12 heteroatoms. The first-order chi connectivity index (χ1) is 17.5. The van der Waals surface area contributed by atoms with E-state index in [1.807, 2.05) is 32.9 Å². The minimum Gasteiger partial charge on any atom is -0.361 e. The molecule has 2 aromatic carbocycles. The highest BCUT2D eigenvalue weighted by Crippen LogP contribution is 2.23. The fraction of sp³-hybridized carbons (Fsp3) is 0.280. The van der Waals surface area contributed by atoms with E-state index in [0.717, 1.165) is 11.1 Å². The Morgan fingerprint density at radius 2 is 1.81 bits per heavy atom. The molecule has 4 aromatic rings. The number of para-hydroxylation sites is 1. The lowest BCUT2D eigenvalue weighted by molar-refractivity contribution is -0.125. The molecule has 37 heavy (non-hydrogen) atoms. The summed E-state index contributed by atoms with van der Waals surface area (Å²) < 4.78 is 19.7. The number of primary amides is 1. The van der Waals surface area contributed by atoms with Crippen LogP contribution in [-0.2, 0) is 17.9 Å². The van der Waals surface area contributed by atoms with Gasteiger partial charge in [-0.1, -0.05) is 56.3 Å². The van der Waals surface area contributed by atoms with Crippen LogP contribution in [0.1, 0.15) is 53.3 Å². The van der Waals surface area contributed by atoms with Crippen molar-refractivity contribution < 1.29 is 23.3 Å². The van der Waals surface area contributed by atoms with E-state index in [1.165, 1.54) is 12.1 Å². The molecule has 0 aliphatic heterocycles. The van der Waals surface area contributed by atoms with Gasteiger partial charge in [0.05, 0.1) is 18.6 Å². The quantitative estimate of drug-likeness (QED) is 0.330. The molecule has 0 spiro atoms. The number of carbonyl (C=O) groups excluding carboxylic acids is 3. The Morgan fingerprint density at radius 1 is 1.11 bits per heavy atom. The molecule has 2 heterocycles. The van der Waals surface area contributed by atoms with Gasteiger partial charge in [0.25, 0.3) is 5.91 Å². The molecule has 2 aromatic heterocycles. The predicted octanol–water partition coefficient (Wildman–Crippen LogP) is 2.17. The van der Waals surface area contributed by atoms with Crippen molar-refractivity contribution in [1.82, 2.24) is 30.6 Å². The number of nitrogens with two attached hydrogens (primary N) is 1. The Bertz CT molecular complexity index is 1450. The van der Waals surface area contributed by atoms with Crippen molar-refractivity contribution in [1.29, 1.82) is 0 Å². The van der Waals surface area contributed by atoms with Crippen LogP contribution in [0.3, 0.4) is 0 Å². The fourth-order valence-electron chi connectivity index (χ4n) is 3.75. The normalized spacial score (nSPS) is 12.3. The number of carbonyl (C=O) groups is 3. The molecule has 0 radical (unpaired) electrons. The Hall–Kier alpha value is -4.61. The first-order valence-electron chi connectivity index (χ1n) is 11.4. The lowest BCUT2D eigenvalue weighted by atomic mass is 9.86. The monoisotopic (exact) mass is 507 g/mol. The lowest BCUT2D eigenvalue weighted by Gasteiger charge is -2.30. The number of aromatic nitrogens is 4. The summed E-state index contributed by atoms with van der Waals surface area (Å²) >= 11 is 0. The van der Waals surface area contributed by atoms with Gasteiger partial charge in [-0.3, -0.25) is 19.1 Å². The van der Waals surface area contributed by atoms with Gasteiger partial charge in [0.1, 0.15) is 11.9 Å². The number of nitrogens with zero attached hydrogens (tertiary/aromatic N) is 4. The summed E-state index contributed by atoms with van der Waals surface area (Å²) in [6, 6.07) is 12.3. The molecule has 4 N–H and O–H groups in total. The highest BCUT2D eigenvalue weighted by atomic mass is 19.1. The largest absolute Gasteiger partial charge is 0.361 e. The van der Waals surface area contributed by atoms with E-state index in [0.29, 0.717) is 11.9 Å². The van der Waals surface area contributed by atoms with E-state index in [-0.39, 0.29) is 29.8 Å². The molecule has 4 rings (SSSR count). The Morgan fingerprint density at radius 3 is 2.46 bits per heavy atom. The predicted molar refractivity (Wildman–Crippen MR) is 131 cm³/mol. The molecule has 0 saturated carbocycles. The van der Waals surface area contributed by atoms with E-state index < -0.39 is 29.2 Å². The third-order valence-corrected chi connectivity index (χ3v) is 5.62. The average Bonchev–Trinajstić information content (AvgIpc) is 3.47. The van der Waals surface area contributed by atoms with Crippen molar-refractivity contribution in [3.8, 4) is 0 Å². The third kappa shape index (κ3) is 5.80. The zero-order valence-corrected chi connectivity index (χ0v) is 20.5. The number of halogens is 1. The summed E-state index contributed by atoms with van der Waals surface area (Å²) in [5, 5.41) is 14.2. The second-order valence-electron chi connectivity index (χ2n) is 9.52. The Labute approximate surface area is 211 Å². The molecule has 11 nitrogen and oxygen atoms in total. The number of fused-ring (bicyclic) bond motifs is 1. The maximum Gasteiger partial charge on any atom is 0.315 e. The van der Waals surface area contributed by atoms with Crippen molar-refractivity contribution in [2.45, 2.75) is 39.9 Å². The number of rotatable bonds is 8. The summed E-state index contributed by atoms with van der Waals surface area (Å²) in [7, 11) is 0. The van der Waals surface area contributed by atoms with Crippen molar-refractivity contribution in [2.75, 3.05) is 0 Å². The van der Waals surface area contributed by atoms with E-state index in [4.69, 9.17) is 10.3 Å². The van der Waals surface area contributed by atoms with Gasteiger partial charge in [0.2, 0.25) is 5.91 Å². The minimum absolute atomic E-state index is 0.0617. The van der Waals surface area contributed by atoms with E-state index in [2.05, 4.69) is 25.9 Å². The SMILES string of the molecule is CC(C)(C)[C@H](NC(=O)c1nn(Cc2ccc(F)cc2)c2ccccc12)C(=O)NCc1noc(C(N)=O)n1. The number of amides is 3. The zero-order chi connectivity index (χ0) is 26.7. The van der Waals surface area contributed by atoms with Gasteiger partial charge in [-0.05, 0) is 29.2 Å². The van der Waals surface area contributed by atoms with Gasteiger partial charge in [-0.2, -0.15) is 10.1 Å². The van der Waals surface area contributed by atoms with Crippen LogP contribution in [0.15, 0.2) is 53.1 Å². The van der Waals surface area contributed by atoms with Gasteiger partial charge >= 0.3 is 11.8 Å². The number of hydrogen-bond acceptors (Lipinski definition) is 7. The highest BCUT2D eigenvalue weighted by Gasteiger charge is 2.34. The molecule has 0 aliphatic rings. The molecule has 3 amide bonds. The summed E-state index contributed by atoms with van der Waals surface area (Å²) in [5.41, 5.74) is 6.12. The summed E-state index contributed by atoms with van der Waals surface area (Å²) in [6.07, 6.45) is 0. The second kappa shape index (κ2) is 10.2. The van der Waals surface area contributed by atoms with Gasteiger partial charge in [-0.25, -0.2) is 4.39 Å². The third-order valence-electron chi connectivity index (χ3n) is 5.62. The topological polar surface area (TPSA) is 158 Å². The number of nitrogens with one attached hydrogen (secondary N) is 2. The molecule has 0 bridgehead atoms. The van der Waals surface area contributed by atoms with Gasteiger partial charge in [0, 0.05) is 5.39 Å². The summed E-state index contributed by atoms with van der Waals surface area (Å²) in [5.74, 6) is -2.54. The highest BCUT2D eigenvalue weighted by molar-refractivity contribution is 6.06. The molecule has 0 fully saturated rings. The van der Waals surface area contributed by atoms with Crippen LogP contribution >= 0.6 is 0 Å². The average molecular weight is 508 g/mol. The van der Waals surface area contributed by atoms with Crippen molar-refractivity contribution >= 4 is 28.6 Å².